The summed E-state index contributed by atoms with van der Waals surface area (Å²) in [4.78, 5) is 14.6. The molecule has 0 atom stereocenters. The van der Waals surface area contributed by atoms with Crippen LogP contribution < -0.4 is 5.73 Å². The number of fused-ring (bicyclic) bond motifs is 1. The third-order valence-corrected chi connectivity index (χ3v) is 4.14. The molecule has 1 aliphatic rings. The van der Waals surface area contributed by atoms with E-state index in [2.05, 4.69) is 24.3 Å². The van der Waals surface area contributed by atoms with Crippen molar-refractivity contribution in [1.82, 2.24) is 4.90 Å². The van der Waals surface area contributed by atoms with E-state index in [0.29, 0.717) is 6.54 Å². The third kappa shape index (κ3) is 2.98. The summed E-state index contributed by atoms with van der Waals surface area (Å²) in [6.07, 6.45) is 1.87. The predicted octanol–water partition coefficient (Wildman–Crippen LogP) is 2.39. The number of hydrogen-bond donors (Lipinski definition) is 1. The minimum atomic E-state index is 0.117. The maximum absolute atomic E-state index is 12.6. The van der Waals surface area contributed by atoms with Crippen LogP contribution in [0.4, 0.5) is 0 Å². The Morgan fingerprint density at radius 2 is 1.52 bits per heavy atom. The van der Waals surface area contributed by atoms with Crippen molar-refractivity contribution in [3.63, 3.8) is 0 Å². The molecule has 0 aromatic heterocycles. The minimum absolute atomic E-state index is 0.117. The van der Waals surface area contributed by atoms with Crippen molar-refractivity contribution in [2.24, 2.45) is 5.73 Å². The summed E-state index contributed by atoms with van der Waals surface area (Å²) in [6, 6.07) is 16.1. The van der Waals surface area contributed by atoms with Crippen LogP contribution in [0, 0.1) is 0 Å². The van der Waals surface area contributed by atoms with Gasteiger partial charge in [0.2, 0.25) is 0 Å². The second-order valence-corrected chi connectivity index (χ2v) is 5.46. The van der Waals surface area contributed by atoms with Crippen LogP contribution in [0.25, 0.3) is 0 Å². The fourth-order valence-corrected chi connectivity index (χ4v) is 2.84. The highest BCUT2D eigenvalue weighted by Crippen LogP contribution is 2.17. The van der Waals surface area contributed by atoms with Gasteiger partial charge >= 0.3 is 0 Å². The summed E-state index contributed by atoms with van der Waals surface area (Å²) < 4.78 is 0. The SMILES string of the molecule is NCc1ccc(C(=O)N2CCc3ccccc3CC2)cc1. The van der Waals surface area contributed by atoms with Gasteiger partial charge in [0.25, 0.3) is 5.91 Å². The van der Waals surface area contributed by atoms with Gasteiger partial charge in [-0.25, -0.2) is 0 Å². The summed E-state index contributed by atoms with van der Waals surface area (Å²) in [5.41, 5.74) is 10.1. The standard InChI is InChI=1S/C18H20N2O/c19-13-14-5-7-17(8-6-14)18(21)20-11-9-15-3-1-2-4-16(15)10-12-20/h1-8H,9-13,19H2. The number of nitrogens with zero attached hydrogens (tertiary/aromatic N) is 1. The van der Waals surface area contributed by atoms with E-state index in [-0.39, 0.29) is 5.91 Å². The van der Waals surface area contributed by atoms with Crippen LogP contribution in [0.2, 0.25) is 0 Å². The van der Waals surface area contributed by atoms with Crippen molar-refractivity contribution in [2.75, 3.05) is 13.1 Å². The van der Waals surface area contributed by atoms with Gasteiger partial charge in [-0.1, -0.05) is 36.4 Å². The van der Waals surface area contributed by atoms with Crippen molar-refractivity contribution < 1.29 is 4.79 Å². The summed E-state index contributed by atoms with van der Waals surface area (Å²) >= 11 is 0. The lowest BCUT2D eigenvalue weighted by atomic mass is 10.0. The highest BCUT2D eigenvalue weighted by atomic mass is 16.2. The summed E-state index contributed by atoms with van der Waals surface area (Å²) in [7, 11) is 0. The Bertz CT molecular complexity index is 607. The number of hydrogen-bond acceptors (Lipinski definition) is 2. The molecule has 3 nitrogen and oxygen atoms in total. The average Bonchev–Trinajstić information content (AvgIpc) is 2.77. The molecule has 0 radical (unpaired) electrons. The molecule has 1 heterocycles. The number of rotatable bonds is 2. The lowest BCUT2D eigenvalue weighted by Crippen LogP contribution is -2.33. The molecule has 0 aliphatic carbocycles. The molecule has 0 unspecified atom stereocenters. The Labute approximate surface area is 125 Å². The largest absolute Gasteiger partial charge is 0.338 e. The topological polar surface area (TPSA) is 46.3 Å². The van der Waals surface area contributed by atoms with Gasteiger partial charge in [0.1, 0.15) is 0 Å². The third-order valence-electron chi connectivity index (χ3n) is 4.14. The normalized spacial score (nSPS) is 14.4. The highest BCUT2D eigenvalue weighted by molar-refractivity contribution is 5.94. The van der Waals surface area contributed by atoms with E-state index in [9.17, 15) is 4.79 Å². The molecule has 0 saturated heterocycles. The fourth-order valence-electron chi connectivity index (χ4n) is 2.84. The lowest BCUT2D eigenvalue weighted by Gasteiger charge is -2.20. The lowest BCUT2D eigenvalue weighted by molar-refractivity contribution is 0.0763. The van der Waals surface area contributed by atoms with Crippen LogP contribution in [-0.4, -0.2) is 23.9 Å². The van der Waals surface area contributed by atoms with E-state index in [0.717, 1.165) is 37.1 Å². The Morgan fingerprint density at radius 3 is 2.05 bits per heavy atom. The van der Waals surface area contributed by atoms with Gasteiger partial charge < -0.3 is 10.6 Å². The molecule has 0 fully saturated rings. The first-order valence-electron chi connectivity index (χ1n) is 7.43. The molecule has 2 aromatic rings. The first-order valence-corrected chi connectivity index (χ1v) is 7.43. The molecule has 3 rings (SSSR count). The van der Waals surface area contributed by atoms with Gasteiger partial charge in [0.05, 0.1) is 0 Å². The second kappa shape index (κ2) is 6.10. The molecule has 108 valence electrons. The van der Waals surface area contributed by atoms with Crippen LogP contribution in [0.1, 0.15) is 27.0 Å². The monoisotopic (exact) mass is 280 g/mol. The number of carbonyl (C=O) groups is 1. The van der Waals surface area contributed by atoms with Crippen LogP contribution in [-0.2, 0) is 19.4 Å². The molecule has 3 heteroatoms. The molecule has 1 aliphatic heterocycles. The van der Waals surface area contributed by atoms with E-state index in [1.165, 1.54) is 11.1 Å². The summed E-state index contributed by atoms with van der Waals surface area (Å²) in [5, 5.41) is 0. The van der Waals surface area contributed by atoms with Crippen molar-refractivity contribution >= 4 is 5.91 Å². The van der Waals surface area contributed by atoms with E-state index in [1.807, 2.05) is 29.2 Å². The Morgan fingerprint density at radius 1 is 0.952 bits per heavy atom. The van der Waals surface area contributed by atoms with Crippen molar-refractivity contribution in [3.8, 4) is 0 Å². The van der Waals surface area contributed by atoms with Gasteiger partial charge in [0, 0.05) is 25.2 Å². The summed E-state index contributed by atoms with van der Waals surface area (Å²) in [6.45, 7) is 2.08. The zero-order chi connectivity index (χ0) is 14.7. The predicted molar refractivity (Wildman–Crippen MR) is 84.1 cm³/mol. The molecule has 1 amide bonds. The molecule has 0 bridgehead atoms. The van der Waals surface area contributed by atoms with E-state index >= 15 is 0 Å². The maximum Gasteiger partial charge on any atom is 0.253 e. The quantitative estimate of drug-likeness (QED) is 0.918. The van der Waals surface area contributed by atoms with Crippen LogP contribution in [0.5, 0.6) is 0 Å². The maximum atomic E-state index is 12.6. The van der Waals surface area contributed by atoms with Crippen LogP contribution in [0.15, 0.2) is 48.5 Å². The summed E-state index contributed by atoms with van der Waals surface area (Å²) in [5.74, 6) is 0.117. The van der Waals surface area contributed by atoms with Crippen molar-refractivity contribution in [1.29, 1.82) is 0 Å². The number of carbonyl (C=O) groups excluding carboxylic acids is 1. The van der Waals surface area contributed by atoms with Gasteiger partial charge in [-0.05, 0) is 41.7 Å². The Kier molecular flexibility index (Phi) is 4.02. The second-order valence-electron chi connectivity index (χ2n) is 5.46. The Hall–Kier alpha value is -2.13. The molecule has 21 heavy (non-hydrogen) atoms. The molecular formula is C18H20N2O. The minimum Gasteiger partial charge on any atom is -0.338 e. The number of nitrogens with two attached hydrogens (primary N) is 1. The number of benzene rings is 2. The highest BCUT2D eigenvalue weighted by Gasteiger charge is 2.19. The molecule has 0 saturated carbocycles. The van der Waals surface area contributed by atoms with Gasteiger partial charge in [-0.2, -0.15) is 0 Å². The first-order chi connectivity index (χ1) is 10.3. The molecular weight excluding hydrogens is 260 g/mol. The number of amides is 1. The van der Waals surface area contributed by atoms with Gasteiger partial charge in [-0.3, -0.25) is 4.79 Å². The van der Waals surface area contributed by atoms with Gasteiger partial charge in [-0.15, -0.1) is 0 Å². The smallest absolute Gasteiger partial charge is 0.253 e. The van der Waals surface area contributed by atoms with E-state index in [1.54, 1.807) is 0 Å². The van der Waals surface area contributed by atoms with Crippen LogP contribution >= 0.6 is 0 Å². The van der Waals surface area contributed by atoms with Crippen LogP contribution in [0.3, 0.4) is 0 Å². The van der Waals surface area contributed by atoms with E-state index < -0.39 is 0 Å². The molecule has 0 spiro atoms. The zero-order valence-corrected chi connectivity index (χ0v) is 12.1. The fraction of sp³-hybridized carbons (Fsp3) is 0.278. The zero-order valence-electron chi connectivity index (χ0n) is 12.1. The van der Waals surface area contributed by atoms with E-state index in [4.69, 9.17) is 5.73 Å². The van der Waals surface area contributed by atoms with Crippen molar-refractivity contribution in [2.45, 2.75) is 19.4 Å². The van der Waals surface area contributed by atoms with Gasteiger partial charge in [0.15, 0.2) is 0 Å². The van der Waals surface area contributed by atoms with Crippen molar-refractivity contribution in [3.05, 3.63) is 70.8 Å². The molecule has 2 N–H and O–H groups in total. The molecule has 2 aromatic carbocycles. The first kappa shape index (κ1) is 13.8. The Balaban J connectivity index is 1.74. The average molecular weight is 280 g/mol.